The first-order valence-electron chi connectivity index (χ1n) is 8.56. The van der Waals surface area contributed by atoms with Crippen LogP contribution in [-0.2, 0) is 16.1 Å². The number of rotatable bonds is 7. The summed E-state index contributed by atoms with van der Waals surface area (Å²) in [6.07, 6.45) is 1.93. The van der Waals surface area contributed by atoms with Crippen LogP contribution in [0.2, 0.25) is 0 Å². The average Bonchev–Trinajstić information content (AvgIpc) is 3.02. The summed E-state index contributed by atoms with van der Waals surface area (Å²) in [7, 11) is 0. The number of nitrogens with zero attached hydrogens (tertiary/aromatic N) is 1. The molecule has 0 bridgehead atoms. The Kier molecular flexibility index (Phi) is 5.39. The molecule has 0 aliphatic rings. The Balaban J connectivity index is 1.52. The quantitative estimate of drug-likeness (QED) is 0.474. The van der Waals surface area contributed by atoms with Crippen LogP contribution in [0.5, 0.6) is 5.75 Å². The molecular weight excluding hydrogens is 314 g/mol. The van der Waals surface area contributed by atoms with Crippen molar-refractivity contribution in [1.29, 1.82) is 0 Å². The van der Waals surface area contributed by atoms with Gasteiger partial charge >= 0.3 is 5.97 Å². The predicted octanol–water partition coefficient (Wildman–Crippen LogP) is 4.39. The SMILES string of the molecule is CC(C)c1ccc2c(ccn2CC(=O)OCCOc2ccccc2)c1. The van der Waals surface area contributed by atoms with Gasteiger partial charge in [0.2, 0.25) is 0 Å². The van der Waals surface area contributed by atoms with Crippen molar-refractivity contribution in [3.8, 4) is 5.75 Å². The predicted molar refractivity (Wildman–Crippen MR) is 98.9 cm³/mol. The summed E-state index contributed by atoms with van der Waals surface area (Å²) in [5.74, 6) is 1.00. The van der Waals surface area contributed by atoms with Gasteiger partial charge in [0.15, 0.2) is 0 Å². The van der Waals surface area contributed by atoms with Crippen LogP contribution in [0.15, 0.2) is 60.8 Å². The van der Waals surface area contributed by atoms with E-state index in [1.165, 1.54) is 5.56 Å². The van der Waals surface area contributed by atoms with Gasteiger partial charge in [-0.1, -0.05) is 38.1 Å². The maximum Gasteiger partial charge on any atom is 0.326 e. The van der Waals surface area contributed by atoms with E-state index in [9.17, 15) is 4.79 Å². The van der Waals surface area contributed by atoms with Crippen molar-refractivity contribution in [1.82, 2.24) is 4.57 Å². The van der Waals surface area contributed by atoms with Crippen molar-refractivity contribution in [2.75, 3.05) is 13.2 Å². The Hall–Kier alpha value is -2.75. The monoisotopic (exact) mass is 337 g/mol. The number of fused-ring (bicyclic) bond motifs is 1. The van der Waals surface area contributed by atoms with Crippen LogP contribution < -0.4 is 4.74 Å². The molecule has 0 fully saturated rings. The molecule has 0 saturated heterocycles. The fourth-order valence-corrected chi connectivity index (χ4v) is 2.73. The van der Waals surface area contributed by atoms with E-state index in [0.717, 1.165) is 16.7 Å². The van der Waals surface area contributed by atoms with Gasteiger partial charge in [0.1, 0.15) is 25.5 Å². The minimum Gasteiger partial charge on any atom is -0.490 e. The topological polar surface area (TPSA) is 40.5 Å². The molecule has 0 spiro atoms. The molecule has 25 heavy (non-hydrogen) atoms. The Morgan fingerprint density at radius 2 is 1.84 bits per heavy atom. The van der Waals surface area contributed by atoms with Crippen molar-refractivity contribution in [2.45, 2.75) is 26.3 Å². The molecule has 0 aliphatic carbocycles. The molecule has 4 heteroatoms. The van der Waals surface area contributed by atoms with Gasteiger partial charge in [-0.05, 0) is 47.2 Å². The number of hydrogen-bond donors (Lipinski definition) is 0. The van der Waals surface area contributed by atoms with E-state index in [0.29, 0.717) is 12.5 Å². The van der Waals surface area contributed by atoms with Gasteiger partial charge in [-0.3, -0.25) is 4.79 Å². The number of benzene rings is 2. The first-order chi connectivity index (χ1) is 12.1. The van der Waals surface area contributed by atoms with E-state index >= 15 is 0 Å². The number of carbonyl (C=O) groups is 1. The second-order valence-corrected chi connectivity index (χ2v) is 6.30. The number of aromatic nitrogens is 1. The molecule has 0 N–H and O–H groups in total. The zero-order valence-electron chi connectivity index (χ0n) is 14.6. The molecule has 0 amide bonds. The van der Waals surface area contributed by atoms with Crippen LogP contribution >= 0.6 is 0 Å². The van der Waals surface area contributed by atoms with Crippen LogP contribution in [0.1, 0.15) is 25.3 Å². The van der Waals surface area contributed by atoms with Gasteiger partial charge in [-0.2, -0.15) is 0 Å². The summed E-state index contributed by atoms with van der Waals surface area (Å²) < 4.78 is 12.7. The van der Waals surface area contributed by atoms with Gasteiger partial charge in [-0.25, -0.2) is 0 Å². The molecule has 3 aromatic rings. The number of carbonyl (C=O) groups excluding carboxylic acids is 1. The summed E-state index contributed by atoms with van der Waals surface area (Å²) in [6.45, 7) is 5.14. The largest absolute Gasteiger partial charge is 0.490 e. The lowest BCUT2D eigenvalue weighted by atomic mass is 10.0. The zero-order chi connectivity index (χ0) is 17.6. The van der Waals surface area contributed by atoms with Crippen LogP contribution in [0, 0.1) is 0 Å². The summed E-state index contributed by atoms with van der Waals surface area (Å²) in [6, 6.07) is 17.9. The zero-order valence-corrected chi connectivity index (χ0v) is 14.6. The van der Waals surface area contributed by atoms with Gasteiger partial charge in [0.25, 0.3) is 0 Å². The first kappa shape index (κ1) is 17.1. The summed E-state index contributed by atoms with van der Waals surface area (Å²) >= 11 is 0. The molecule has 0 saturated carbocycles. The third-order valence-electron chi connectivity index (χ3n) is 4.12. The first-order valence-corrected chi connectivity index (χ1v) is 8.56. The smallest absolute Gasteiger partial charge is 0.326 e. The number of para-hydroxylation sites is 1. The van der Waals surface area contributed by atoms with Gasteiger partial charge in [-0.15, -0.1) is 0 Å². The highest BCUT2D eigenvalue weighted by Crippen LogP contribution is 2.22. The van der Waals surface area contributed by atoms with E-state index in [1.54, 1.807) is 0 Å². The van der Waals surface area contributed by atoms with Gasteiger partial charge < -0.3 is 14.0 Å². The average molecular weight is 337 g/mol. The Labute approximate surface area is 148 Å². The number of hydrogen-bond acceptors (Lipinski definition) is 3. The molecule has 3 rings (SSSR count). The molecule has 2 aromatic carbocycles. The molecule has 1 aromatic heterocycles. The summed E-state index contributed by atoms with van der Waals surface area (Å²) in [5.41, 5.74) is 2.34. The Bertz CT molecular complexity index is 837. The van der Waals surface area contributed by atoms with Crippen molar-refractivity contribution in [2.24, 2.45) is 0 Å². The molecule has 0 atom stereocenters. The second-order valence-electron chi connectivity index (χ2n) is 6.30. The molecule has 0 unspecified atom stereocenters. The van der Waals surface area contributed by atoms with Gasteiger partial charge in [0, 0.05) is 11.7 Å². The van der Waals surface area contributed by atoms with E-state index in [1.807, 2.05) is 47.2 Å². The highest BCUT2D eigenvalue weighted by molar-refractivity contribution is 5.82. The lowest BCUT2D eigenvalue weighted by Gasteiger charge is -2.09. The second kappa shape index (κ2) is 7.88. The maximum absolute atomic E-state index is 12.0. The Morgan fingerprint density at radius 1 is 1.04 bits per heavy atom. The van der Waals surface area contributed by atoms with E-state index < -0.39 is 0 Å². The van der Waals surface area contributed by atoms with Crippen molar-refractivity contribution >= 4 is 16.9 Å². The highest BCUT2D eigenvalue weighted by atomic mass is 16.6. The van der Waals surface area contributed by atoms with Crippen molar-refractivity contribution < 1.29 is 14.3 Å². The fraction of sp³-hybridized carbons (Fsp3) is 0.286. The third kappa shape index (κ3) is 4.41. The van der Waals surface area contributed by atoms with Crippen molar-refractivity contribution in [3.05, 3.63) is 66.4 Å². The lowest BCUT2D eigenvalue weighted by molar-refractivity contribution is -0.145. The summed E-state index contributed by atoms with van der Waals surface area (Å²) in [4.78, 5) is 12.0. The third-order valence-corrected chi connectivity index (χ3v) is 4.12. The number of ether oxygens (including phenoxy) is 2. The normalized spacial score (nSPS) is 11.0. The molecule has 0 radical (unpaired) electrons. The van der Waals surface area contributed by atoms with E-state index in [4.69, 9.17) is 9.47 Å². The fourth-order valence-electron chi connectivity index (χ4n) is 2.73. The van der Waals surface area contributed by atoms with Crippen LogP contribution in [-0.4, -0.2) is 23.8 Å². The summed E-state index contributed by atoms with van der Waals surface area (Å²) in [5, 5.41) is 1.14. The van der Waals surface area contributed by atoms with E-state index in [2.05, 4.69) is 32.0 Å². The van der Waals surface area contributed by atoms with Crippen molar-refractivity contribution in [3.63, 3.8) is 0 Å². The standard InChI is InChI=1S/C21H23NO3/c1-16(2)17-8-9-20-18(14-17)10-11-22(20)15-21(23)25-13-12-24-19-6-4-3-5-7-19/h3-11,14,16H,12-13,15H2,1-2H3. The number of esters is 1. The molecule has 4 nitrogen and oxygen atoms in total. The van der Waals surface area contributed by atoms with Gasteiger partial charge in [0.05, 0.1) is 0 Å². The molecule has 1 heterocycles. The molecule has 130 valence electrons. The maximum atomic E-state index is 12.0. The minimum absolute atomic E-state index is 0.204. The lowest BCUT2D eigenvalue weighted by Crippen LogP contribution is -2.16. The van der Waals surface area contributed by atoms with Crippen LogP contribution in [0.25, 0.3) is 10.9 Å². The van der Waals surface area contributed by atoms with Crippen LogP contribution in [0.3, 0.4) is 0 Å². The minimum atomic E-state index is -0.262. The Morgan fingerprint density at radius 3 is 2.60 bits per heavy atom. The highest BCUT2D eigenvalue weighted by Gasteiger charge is 2.09. The molecular formula is C21H23NO3. The van der Waals surface area contributed by atoms with Crippen LogP contribution in [0.4, 0.5) is 0 Å². The van der Waals surface area contributed by atoms with E-state index in [-0.39, 0.29) is 19.1 Å². The molecule has 0 aliphatic heterocycles.